The first kappa shape index (κ1) is 12.5. The van der Waals surface area contributed by atoms with Gasteiger partial charge in [0.15, 0.2) is 0 Å². The van der Waals surface area contributed by atoms with Crippen LogP contribution in [0.15, 0.2) is 12.3 Å². The summed E-state index contributed by atoms with van der Waals surface area (Å²) in [4.78, 5) is 4.19. The number of nitrogens with zero attached hydrogens (tertiary/aromatic N) is 1. The van der Waals surface area contributed by atoms with Crippen molar-refractivity contribution in [1.82, 2.24) is 4.98 Å². The predicted octanol–water partition coefficient (Wildman–Crippen LogP) is 3.70. The molecule has 1 aliphatic carbocycles. The van der Waals surface area contributed by atoms with E-state index in [9.17, 15) is 0 Å². The molecule has 1 aromatic rings. The fraction of sp³-hybridized carbons (Fsp3) is 0.615. The standard InChI is InChI=1S/C13H20ClN3/c14-12-8-11(15)9-17-13(12)16-7-6-10-4-2-1-3-5-10/h8-10H,1-7,15H2,(H,16,17). The monoisotopic (exact) mass is 253 g/mol. The molecule has 2 rings (SSSR count). The number of nitrogens with one attached hydrogen (secondary N) is 1. The molecule has 0 radical (unpaired) electrons. The van der Waals surface area contributed by atoms with Crippen LogP contribution in [-0.4, -0.2) is 11.5 Å². The summed E-state index contributed by atoms with van der Waals surface area (Å²) in [6.45, 7) is 0.946. The number of nitrogens with two attached hydrogens (primary N) is 1. The minimum absolute atomic E-state index is 0.604. The van der Waals surface area contributed by atoms with Crippen molar-refractivity contribution in [2.45, 2.75) is 38.5 Å². The van der Waals surface area contributed by atoms with Gasteiger partial charge in [-0.05, 0) is 18.4 Å². The third-order valence-corrected chi connectivity index (χ3v) is 3.72. The Kier molecular flexibility index (Phi) is 4.49. The lowest BCUT2D eigenvalue weighted by Crippen LogP contribution is -2.12. The normalized spacial score (nSPS) is 17.0. The molecule has 4 heteroatoms. The topological polar surface area (TPSA) is 50.9 Å². The first-order valence-electron chi connectivity index (χ1n) is 6.40. The predicted molar refractivity (Wildman–Crippen MR) is 73.3 cm³/mol. The zero-order chi connectivity index (χ0) is 12.1. The minimum atomic E-state index is 0.604. The van der Waals surface area contributed by atoms with E-state index in [0.717, 1.165) is 18.3 Å². The molecule has 0 saturated heterocycles. The highest BCUT2D eigenvalue weighted by molar-refractivity contribution is 6.33. The second-order valence-corrected chi connectivity index (χ2v) is 5.23. The van der Waals surface area contributed by atoms with Crippen molar-refractivity contribution >= 4 is 23.1 Å². The number of anilines is 2. The summed E-state index contributed by atoms with van der Waals surface area (Å²) in [6.07, 6.45) is 9.80. The van der Waals surface area contributed by atoms with Crippen LogP contribution in [0.4, 0.5) is 11.5 Å². The highest BCUT2D eigenvalue weighted by atomic mass is 35.5. The Morgan fingerprint density at radius 3 is 2.82 bits per heavy atom. The van der Waals surface area contributed by atoms with E-state index in [1.54, 1.807) is 12.3 Å². The van der Waals surface area contributed by atoms with E-state index in [2.05, 4.69) is 10.3 Å². The number of hydrogen-bond acceptors (Lipinski definition) is 3. The fourth-order valence-electron chi connectivity index (χ4n) is 2.45. The van der Waals surface area contributed by atoms with Crippen molar-refractivity contribution in [3.8, 4) is 0 Å². The molecular weight excluding hydrogens is 234 g/mol. The van der Waals surface area contributed by atoms with Gasteiger partial charge < -0.3 is 11.1 Å². The zero-order valence-electron chi connectivity index (χ0n) is 10.1. The molecule has 17 heavy (non-hydrogen) atoms. The molecule has 0 spiro atoms. The molecule has 0 aromatic carbocycles. The summed E-state index contributed by atoms with van der Waals surface area (Å²) in [5, 5.41) is 3.89. The molecule has 3 nitrogen and oxygen atoms in total. The third-order valence-electron chi connectivity index (χ3n) is 3.43. The number of halogens is 1. The average Bonchev–Trinajstić information content (AvgIpc) is 2.33. The van der Waals surface area contributed by atoms with Crippen LogP contribution in [0.3, 0.4) is 0 Å². The molecule has 0 amide bonds. The summed E-state index contributed by atoms with van der Waals surface area (Å²) in [5.74, 6) is 1.63. The van der Waals surface area contributed by atoms with Gasteiger partial charge in [0.05, 0.1) is 16.9 Å². The Balaban J connectivity index is 1.77. The van der Waals surface area contributed by atoms with Crippen molar-refractivity contribution < 1.29 is 0 Å². The molecule has 0 unspecified atom stereocenters. The van der Waals surface area contributed by atoms with Crippen LogP contribution < -0.4 is 11.1 Å². The lowest BCUT2D eigenvalue weighted by molar-refractivity contribution is 0.345. The highest BCUT2D eigenvalue weighted by Crippen LogP contribution is 2.27. The highest BCUT2D eigenvalue weighted by Gasteiger charge is 2.13. The van der Waals surface area contributed by atoms with E-state index in [0.29, 0.717) is 10.7 Å². The molecule has 1 aliphatic rings. The van der Waals surface area contributed by atoms with Crippen molar-refractivity contribution in [1.29, 1.82) is 0 Å². The van der Waals surface area contributed by atoms with Crippen LogP contribution in [0.5, 0.6) is 0 Å². The SMILES string of the molecule is Nc1cnc(NCCC2CCCCC2)c(Cl)c1. The Morgan fingerprint density at radius 2 is 2.12 bits per heavy atom. The Bertz CT molecular complexity index is 362. The molecule has 94 valence electrons. The van der Waals surface area contributed by atoms with Crippen molar-refractivity contribution in [2.75, 3.05) is 17.6 Å². The number of rotatable bonds is 4. The minimum Gasteiger partial charge on any atom is -0.397 e. The average molecular weight is 254 g/mol. The number of nitrogen functional groups attached to an aromatic ring is 1. The quantitative estimate of drug-likeness (QED) is 0.860. The summed E-state index contributed by atoms with van der Waals surface area (Å²) in [6, 6.07) is 1.73. The number of hydrogen-bond donors (Lipinski definition) is 2. The molecule has 0 bridgehead atoms. The first-order valence-corrected chi connectivity index (χ1v) is 6.78. The van der Waals surface area contributed by atoms with Gasteiger partial charge in [-0.2, -0.15) is 0 Å². The maximum Gasteiger partial charge on any atom is 0.144 e. The summed E-state index contributed by atoms with van der Waals surface area (Å²) in [7, 11) is 0. The molecular formula is C13H20ClN3. The third kappa shape index (κ3) is 3.77. The van der Waals surface area contributed by atoms with Gasteiger partial charge in [0.2, 0.25) is 0 Å². The molecule has 1 heterocycles. The summed E-state index contributed by atoms with van der Waals surface area (Å²) < 4.78 is 0. The second kappa shape index (κ2) is 6.10. The Labute approximate surface area is 108 Å². The van der Waals surface area contributed by atoms with Gasteiger partial charge >= 0.3 is 0 Å². The van der Waals surface area contributed by atoms with Crippen LogP contribution in [0, 0.1) is 5.92 Å². The molecule has 1 aromatic heterocycles. The maximum atomic E-state index is 6.05. The van der Waals surface area contributed by atoms with Gasteiger partial charge in [0.25, 0.3) is 0 Å². The van der Waals surface area contributed by atoms with Gasteiger partial charge in [0.1, 0.15) is 5.82 Å². The zero-order valence-corrected chi connectivity index (χ0v) is 10.8. The van der Waals surface area contributed by atoms with Crippen LogP contribution in [0.2, 0.25) is 5.02 Å². The van der Waals surface area contributed by atoms with Crippen molar-refractivity contribution in [2.24, 2.45) is 5.92 Å². The van der Waals surface area contributed by atoms with E-state index in [1.165, 1.54) is 38.5 Å². The van der Waals surface area contributed by atoms with E-state index in [4.69, 9.17) is 17.3 Å². The number of pyridine rings is 1. The summed E-state index contributed by atoms with van der Waals surface area (Å²) in [5.41, 5.74) is 6.20. The molecule has 0 aliphatic heterocycles. The molecule has 3 N–H and O–H groups in total. The van der Waals surface area contributed by atoms with Crippen LogP contribution in [0.1, 0.15) is 38.5 Å². The molecule has 0 atom stereocenters. The maximum absolute atomic E-state index is 6.05. The Morgan fingerprint density at radius 1 is 1.35 bits per heavy atom. The smallest absolute Gasteiger partial charge is 0.144 e. The van der Waals surface area contributed by atoms with E-state index < -0.39 is 0 Å². The van der Waals surface area contributed by atoms with E-state index >= 15 is 0 Å². The van der Waals surface area contributed by atoms with Gasteiger partial charge in [-0.3, -0.25) is 0 Å². The largest absolute Gasteiger partial charge is 0.397 e. The van der Waals surface area contributed by atoms with Crippen molar-refractivity contribution in [3.05, 3.63) is 17.3 Å². The van der Waals surface area contributed by atoms with Gasteiger partial charge in [-0.25, -0.2) is 4.98 Å². The molecule has 1 saturated carbocycles. The lowest BCUT2D eigenvalue weighted by atomic mass is 9.87. The Hall–Kier alpha value is -0.960. The van der Waals surface area contributed by atoms with E-state index in [1.807, 2.05) is 0 Å². The van der Waals surface area contributed by atoms with Crippen LogP contribution >= 0.6 is 11.6 Å². The number of aromatic nitrogens is 1. The summed E-state index contributed by atoms with van der Waals surface area (Å²) >= 11 is 6.05. The van der Waals surface area contributed by atoms with E-state index in [-0.39, 0.29) is 0 Å². The van der Waals surface area contributed by atoms with Crippen molar-refractivity contribution in [3.63, 3.8) is 0 Å². The fourth-order valence-corrected chi connectivity index (χ4v) is 2.69. The lowest BCUT2D eigenvalue weighted by Gasteiger charge is -2.21. The van der Waals surface area contributed by atoms with Gasteiger partial charge in [-0.15, -0.1) is 0 Å². The van der Waals surface area contributed by atoms with Gasteiger partial charge in [0, 0.05) is 6.54 Å². The van der Waals surface area contributed by atoms with Crippen LogP contribution in [-0.2, 0) is 0 Å². The first-order chi connectivity index (χ1) is 8.25. The van der Waals surface area contributed by atoms with Crippen LogP contribution in [0.25, 0.3) is 0 Å². The second-order valence-electron chi connectivity index (χ2n) is 4.82. The molecule has 1 fully saturated rings. The van der Waals surface area contributed by atoms with Gasteiger partial charge in [-0.1, -0.05) is 43.7 Å².